The summed E-state index contributed by atoms with van der Waals surface area (Å²) < 4.78 is 0. The highest BCUT2D eigenvalue weighted by Gasteiger charge is 2.05. The van der Waals surface area contributed by atoms with Crippen LogP contribution in [0.25, 0.3) is 0 Å². The lowest BCUT2D eigenvalue weighted by Gasteiger charge is -2.10. The van der Waals surface area contributed by atoms with Crippen molar-refractivity contribution >= 4 is 5.91 Å². The van der Waals surface area contributed by atoms with E-state index in [0.29, 0.717) is 12.8 Å². The smallest absolute Gasteiger partial charge is 0.220 e. The molecule has 1 atom stereocenters. The molecule has 4 nitrogen and oxygen atoms in total. The Hall–Kier alpha value is -1.42. The summed E-state index contributed by atoms with van der Waals surface area (Å²) in [6.07, 6.45) is 4.56. The molecule has 1 aromatic rings. The van der Waals surface area contributed by atoms with Crippen LogP contribution in [0.2, 0.25) is 0 Å². The molecule has 1 rings (SSSR count). The summed E-state index contributed by atoms with van der Waals surface area (Å²) in [4.78, 5) is 15.3. The molecule has 0 saturated carbocycles. The molecule has 0 bridgehead atoms. The number of carbonyl (C=O) groups excluding carboxylic acids is 1. The number of pyridine rings is 1. The molecule has 2 N–H and O–H groups in total. The van der Waals surface area contributed by atoms with Crippen LogP contribution in [-0.2, 0) is 11.2 Å². The normalized spacial score (nSPS) is 12.1. The number of carbonyl (C=O) groups is 1. The van der Waals surface area contributed by atoms with Gasteiger partial charge in [-0.25, -0.2) is 0 Å². The molecule has 1 aromatic heterocycles. The summed E-state index contributed by atoms with van der Waals surface area (Å²) in [5.41, 5.74) is 1.05. The van der Waals surface area contributed by atoms with E-state index in [1.54, 1.807) is 19.3 Å². The van der Waals surface area contributed by atoms with E-state index in [4.69, 9.17) is 5.11 Å². The molecule has 0 fully saturated rings. The summed E-state index contributed by atoms with van der Waals surface area (Å²) in [5.74, 6) is -0.0413. The number of nitrogens with one attached hydrogen (secondary N) is 1. The standard InChI is InChI=1S/C11H16N2O2/c1-9(8-14)13-11(15)5-4-10-3-2-6-12-7-10/h2-3,6-7,9,14H,4-5,8H2,1H3,(H,13,15)/t9-/m1/s1. The fourth-order valence-corrected chi connectivity index (χ4v) is 1.20. The third kappa shape index (κ3) is 4.56. The number of aryl methyl sites for hydroxylation is 1. The number of aromatic nitrogens is 1. The van der Waals surface area contributed by atoms with Crippen LogP contribution in [0.3, 0.4) is 0 Å². The van der Waals surface area contributed by atoms with Crippen LogP contribution in [0.15, 0.2) is 24.5 Å². The van der Waals surface area contributed by atoms with Crippen LogP contribution in [-0.4, -0.2) is 28.6 Å². The number of aliphatic hydroxyl groups is 1. The number of nitrogens with zero attached hydrogens (tertiary/aromatic N) is 1. The maximum Gasteiger partial charge on any atom is 0.220 e. The number of hydrogen-bond donors (Lipinski definition) is 2. The maximum atomic E-state index is 11.3. The van der Waals surface area contributed by atoms with Crippen LogP contribution in [0, 0.1) is 0 Å². The van der Waals surface area contributed by atoms with Crippen molar-refractivity contribution in [2.75, 3.05) is 6.61 Å². The molecule has 0 saturated heterocycles. The molecule has 0 aromatic carbocycles. The predicted octanol–water partition coefficient (Wildman–Crippen LogP) is 0.511. The van der Waals surface area contributed by atoms with Crippen molar-refractivity contribution in [2.45, 2.75) is 25.8 Å². The Morgan fingerprint density at radius 1 is 1.67 bits per heavy atom. The van der Waals surface area contributed by atoms with E-state index in [0.717, 1.165) is 5.56 Å². The van der Waals surface area contributed by atoms with E-state index >= 15 is 0 Å². The van der Waals surface area contributed by atoms with Crippen molar-refractivity contribution in [2.24, 2.45) is 0 Å². The molecule has 0 unspecified atom stereocenters. The van der Waals surface area contributed by atoms with Crippen molar-refractivity contribution in [1.82, 2.24) is 10.3 Å². The zero-order valence-corrected chi connectivity index (χ0v) is 8.81. The van der Waals surface area contributed by atoms with Crippen molar-refractivity contribution in [1.29, 1.82) is 0 Å². The lowest BCUT2D eigenvalue weighted by Crippen LogP contribution is -2.35. The Balaban J connectivity index is 2.29. The summed E-state index contributed by atoms with van der Waals surface area (Å²) >= 11 is 0. The van der Waals surface area contributed by atoms with Gasteiger partial charge >= 0.3 is 0 Å². The van der Waals surface area contributed by atoms with Gasteiger partial charge in [-0.15, -0.1) is 0 Å². The van der Waals surface area contributed by atoms with Crippen LogP contribution >= 0.6 is 0 Å². The van der Waals surface area contributed by atoms with Gasteiger partial charge in [0.2, 0.25) is 5.91 Å². The molecule has 82 valence electrons. The number of rotatable bonds is 5. The van der Waals surface area contributed by atoms with E-state index in [1.807, 2.05) is 12.1 Å². The first kappa shape index (κ1) is 11.7. The van der Waals surface area contributed by atoms with Gasteiger partial charge in [-0.05, 0) is 25.0 Å². The Labute approximate surface area is 89.3 Å². The molecule has 1 amide bonds. The molecular weight excluding hydrogens is 192 g/mol. The minimum atomic E-state index is -0.175. The lowest BCUT2D eigenvalue weighted by molar-refractivity contribution is -0.121. The Morgan fingerprint density at radius 3 is 3.07 bits per heavy atom. The Bertz CT molecular complexity index is 301. The molecule has 0 aliphatic rings. The number of amides is 1. The van der Waals surface area contributed by atoms with Gasteiger partial charge in [0.1, 0.15) is 0 Å². The number of aliphatic hydroxyl groups excluding tert-OH is 1. The van der Waals surface area contributed by atoms with Crippen molar-refractivity contribution in [3.63, 3.8) is 0 Å². The number of hydrogen-bond acceptors (Lipinski definition) is 3. The van der Waals surface area contributed by atoms with E-state index in [1.165, 1.54) is 0 Å². The second-order valence-corrected chi connectivity index (χ2v) is 3.51. The van der Waals surface area contributed by atoms with Gasteiger partial charge < -0.3 is 10.4 Å². The largest absolute Gasteiger partial charge is 0.394 e. The Kier molecular flexibility index (Phi) is 4.77. The average molecular weight is 208 g/mol. The first-order valence-electron chi connectivity index (χ1n) is 5.01. The molecule has 1 heterocycles. The van der Waals surface area contributed by atoms with Gasteiger partial charge in [0.25, 0.3) is 0 Å². The van der Waals surface area contributed by atoms with Gasteiger partial charge in [-0.2, -0.15) is 0 Å². The molecule has 4 heteroatoms. The molecule has 0 spiro atoms. The first-order chi connectivity index (χ1) is 7.22. The van der Waals surface area contributed by atoms with Crippen LogP contribution < -0.4 is 5.32 Å². The van der Waals surface area contributed by atoms with Crippen LogP contribution in [0.1, 0.15) is 18.9 Å². The second-order valence-electron chi connectivity index (χ2n) is 3.51. The van der Waals surface area contributed by atoms with Crippen molar-refractivity contribution in [3.05, 3.63) is 30.1 Å². The highest BCUT2D eigenvalue weighted by molar-refractivity contribution is 5.76. The van der Waals surface area contributed by atoms with E-state index < -0.39 is 0 Å². The quantitative estimate of drug-likeness (QED) is 0.741. The van der Waals surface area contributed by atoms with E-state index in [-0.39, 0.29) is 18.6 Å². The fraction of sp³-hybridized carbons (Fsp3) is 0.455. The minimum Gasteiger partial charge on any atom is -0.394 e. The lowest BCUT2D eigenvalue weighted by atomic mass is 10.1. The highest BCUT2D eigenvalue weighted by Crippen LogP contribution is 2.00. The minimum absolute atomic E-state index is 0.0291. The van der Waals surface area contributed by atoms with Gasteiger partial charge in [0, 0.05) is 24.9 Å². The second kappa shape index (κ2) is 6.14. The van der Waals surface area contributed by atoms with Crippen molar-refractivity contribution in [3.8, 4) is 0 Å². The molecular formula is C11H16N2O2. The molecule has 15 heavy (non-hydrogen) atoms. The average Bonchev–Trinajstić information content (AvgIpc) is 2.27. The summed E-state index contributed by atoms with van der Waals surface area (Å²) in [5, 5.41) is 11.4. The molecule has 0 radical (unpaired) electrons. The van der Waals surface area contributed by atoms with Gasteiger partial charge in [0.15, 0.2) is 0 Å². The topological polar surface area (TPSA) is 62.2 Å². The van der Waals surface area contributed by atoms with Gasteiger partial charge in [-0.3, -0.25) is 9.78 Å². The first-order valence-corrected chi connectivity index (χ1v) is 5.01. The zero-order chi connectivity index (χ0) is 11.1. The molecule has 0 aliphatic carbocycles. The van der Waals surface area contributed by atoms with Crippen LogP contribution in [0.5, 0.6) is 0 Å². The highest BCUT2D eigenvalue weighted by atomic mass is 16.3. The van der Waals surface area contributed by atoms with Crippen LogP contribution in [0.4, 0.5) is 0 Å². The van der Waals surface area contributed by atoms with Crippen molar-refractivity contribution < 1.29 is 9.90 Å². The van der Waals surface area contributed by atoms with Gasteiger partial charge in [0.05, 0.1) is 6.61 Å². The summed E-state index contributed by atoms with van der Waals surface area (Å²) in [6.45, 7) is 1.74. The third-order valence-electron chi connectivity index (χ3n) is 2.04. The summed E-state index contributed by atoms with van der Waals surface area (Å²) in [6, 6.07) is 3.62. The van der Waals surface area contributed by atoms with E-state index in [9.17, 15) is 4.79 Å². The summed E-state index contributed by atoms with van der Waals surface area (Å²) in [7, 11) is 0. The van der Waals surface area contributed by atoms with E-state index in [2.05, 4.69) is 10.3 Å². The predicted molar refractivity (Wildman–Crippen MR) is 57.2 cm³/mol. The SMILES string of the molecule is C[C@H](CO)NC(=O)CCc1cccnc1. The third-order valence-corrected chi connectivity index (χ3v) is 2.04. The monoisotopic (exact) mass is 208 g/mol. The zero-order valence-electron chi connectivity index (χ0n) is 8.81. The maximum absolute atomic E-state index is 11.3. The fourth-order valence-electron chi connectivity index (χ4n) is 1.20. The van der Waals surface area contributed by atoms with Gasteiger partial charge in [-0.1, -0.05) is 6.07 Å². The Morgan fingerprint density at radius 2 is 2.47 bits per heavy atom. The molecule has 0 aliphatic heterocycles.